The van der Waals surface area contributed by atoms with Gasteiger partial charge in [0.05, 0.1) is 11.4 Å². The second-order valence-electron chi connectivity index (χ2n) is 6.13. The van der Waals surface area contributed by atoms with E-state index >= 15 is 0 Å². The van der Waals surface area contributed by atoms with Crippen molar-refractivity contribution in [3.05, 3.63) is 75.2 Å². The van der Waals surface area contributed by atoms with Crippen LogP contribution in [0.2, 0.25) is 5.02 Å². The smallest absolute Gasteiger partial charge is 0.341 e. The SMILES string of the molecule is Cc1nn2c(-c3ccc(Cl)cc3F)c(-c3ccccc3Br)cnc2c1C(=O)O. The lowest BCUT2D eigenvalue weighted by Gasteiger charge is -2.14. The molecule has 140 valence electrons. The summed E-state index contributed by atoms with van der Waals surface area (Å²) in [5.41, 5.74) is 2.41. The molecule has 0 fully saturated rings. The van der Waals surface area contributed by atoms with Gasteiger partial charge in [0.25, 0.3) is 0 Å². The van der Waals surface area contributed by atoms with Gasteiger partial charge in [-0.15, -0.1) is 0 Å². The largest absolute Gasteiger partial charge is 0.477 e. The molecule has 0 saturated carbocycles. The van der Waals surface area contributed by atoms with Crippen molar-refractivity contribution in [3.8, 4) is 22.4 Å². The molecule has 0 aliphatic rings. The van der Waals surface area contributed by atoms with E-state index < -0.39 is 11.8 Å². The minimum absolute atomic E-state index is 0.0192. The van der Waals surface area contributed by atoms with E-state index in [-0.39, 0.29) is 21.8 Å². The summed E-state index contributed by atoms with van der Waals surface area (Å²) < 4.78 is 17.0. The number of nitrogens with zero attached hydrogens (tertiary/aromatic N) is 3. The fourth-order valence-electron chi connectivity index (χ4n) is 3.16. The summed E-state index contributed by atoms with van der Waals surface area (Å²) in [5.74, 6) is -1.69. The zero-order valence-corrected chi connectivity index (χ0v) is 16.8. The molecule has 0 saturated heterocycles. The van der Waals surface area contributed by atoms with Crippen LogP contribution in [-0.4, -0.2) is 25.7 Å². The predicted molar refractivity (Wildman–Crippen MR) is 108 cm³/mol. The Morgan fingerprint density at radius 3 is 2.61 bits per heavy atom. The van der Waals surface area contributed by atoms with E-state index in [1.54, 1.807) is 19.1 Å². The first-order chi connectivity index (χ1) is 13.4. The molecular formula is C20H12BrClFN3O2. The lowest BCUT2D eigenvalue weighted by atomic mass is 10.00. The van der Waals surface area contributed by atoms with Gasteiger partial charge in [-0.25, -0.2) is 18.7 Å². The number of carbonyl (C=O) groups is 1. The standard InChI is InChI=1S/C20H12BrClFN3O2/c1-10-17(20(27)28)19-24-9-14(12-4-2-3-5-15(12)21)18(26(19)25-10)13-7-6-11(22)8-16(13)23/h2-9H,1H3,(H,27,28). The highest BCUT2D eigenvalue weighted by Gasteiger charge is 2.24. The van der Waals surface area contributed by atoms with E-state index in [0.717, 1.165) is 10.0 Å². The van der Waals surface area contributed by atoms with Crippen LogP contribution in [0.1, 0.15) is 16.1 Å². The highest BCUT2D eigenvalue weighted by Crippen LogP contribution is 2.38. The molecule has 2 heterocycles. The van der Waals surface area contributed by atoms with E-state index in [1.165, 1.54) is 16.8 Å². The van der Waals surface area contributed by atoms with Crippen molar-refractivity contribution in [1.82, 2.24) is 14.6 Å². The molecule has 2 aromatic carbocycles. The fraction of sp³-hybridized carbons (Fsp3) is 0.0500. The molecule has 0 amide bonds. The van der Waals surface area contributed by atoms with E-state index in [1.807, 2.05) is 24.3 Å². The topological polar surface area (TPSA) is 67.5 Å². The van der Waals surface area contributed by atoms with Crippen LogP contribution in [0, 0.1) is 12.7 Å². The van der Waals surface area contributed by atoms with E-state index in [2.05, 4.69) is 26.0 Å². The molecular weight excluding hydrogens is 449 g/mol. The maximum absolute atomic E-state index is 14.9. The maximum atomic E-state index is 14.9. The molecule has 4 rings (SSSR count). The number of carboxylic acid groups (broad SMARTS) is 1. The zero-order valence-electron chi connectivity index (χ0n) is 14.4. The molecule has 0 spiro atoms. The molecule has 5 nitrogen and oxygen atoms in total. The monoisotopic (exact) mass is 459 g/mol. The van der Waals surface area contributed by atoms with Crippen molar-refractivity contribution in [2.24, 2.45) is 0 Å². The first kappa shape index (κ1) is 18.6. The third-order valence-electron chi connectivity index (χ3n) is 4.38. The van der Waals surface area contributed by atoms with Gasteiger partial charge in [0.2, 0.25) is 0 Å². The number of aromatic nitrogens is 3. The fourth-order valence-corrected chi connectivity index (χ4v) is 3.82. The Hall–Kier alpha value is -2.77. The molecule has 0 unspecified atom stereocenters. The highest BCUT2D eigenvalue weighted by atomic mass is 79.9. The summed E-state index contributed by atoms with van der Waals surface area (Å²) in [5, 5.41) is 14.2. The first-order valence-electron chi connectivity index (χ1n) is 8.20. The molecule has 0 atom stereocenters. The van der Waals surface area contributed by atoms with Crippen LogP contribution in [0.25, 0.3) is 28.0 Å². The second-order valence-corrected chi connectivity index (χ2v) is 7.42. The van der Waals surface area contributed by atoms with Gasteiger partial charge in [0, 0.05) is 26.8 Å². The number of fused-ring (bicyclic) bond motifs is 1. The molecule has 0 aliphatic carbocycles. The average molecular weight is 461 g/mol. The van der Waals surface area contributed by atoms with E-state index in [0.29, 0.717) is 17.0 Å². The van der Waals surface area contributed by atoms with Gasteiger partial charge in [-0.1, -0.05) is 45.7 Å². The first-order valence-corrected chi connectivity index (χ1v) is 9.37. The molecule has 2 aromatic heterocycles. The molecule has 4 aromatic rings. The number of benzene rings is 2. The van der Waals surface area contributed by atoms with Crippen LogP contribution in [0.5, 0.6) is 0 Å². The number of aryl methyl sites for hydroxylation is 1. The van der Waals surface area contributed by atoms with Gasteiger partial charge in [0.15, 0.2) is 5.65 Å². The molecule has 1 N–H and O–H groups in total. The van der Waals surface area contributed by atoms with Crippen LogP contribution in [-0.2, 0) is 0 Å². The van der Waals surface area contributed by atoms with Crippen LogP contribution < -0.4 is 0 Å². The van der Waals surface area contributed by atoms with Gasteiger partial charge in [-0.2, -0.15) is 5.10 Å². The van der Waals surface area contributed by atoms with Crippen LogP contribution in [0.15, 0.2) is 53.1 Å². The summed E-state index contributed by atoms with van der Waals surface area (Å²) in [6, 6.07) is 11.8. The number of rotatable bonds is 3. The Morgan fingerprint density at radius 1 is 1.18 bits per heavy atom. The minimum atomic E-state index is -1.14. The Balaban J connectivity index is 2.16. The Morgan fingerprint density at radius 2 is 1.93 bits per heavy atom. The molecule has 0 aliphatic heterocycles. The quantitative estimate of drug-likeness (QED) is 0.430. The second kappa shape index (κ2) is 7.00. The lowest BCUT2D eigenvalue weighted by molar-refractivity contribution is 0.0698. The highest BCUT2D eigenvalue weighted by molar-refractivity contribution is 9.10. The zero-order chi connectivity index (χ0) is 20.0. The normalized spacial score (nSPS) is 11.1. The van der Waals surface area contributed by atoms with Crippen molar-refractivity contribution in [1.29, 1.82) is 0 Å². The summed E-state index contributed by atoms with van der Waals surface area (Å²) in [4.78, 5) is 16.0. The van der Waals surface area contributed by atoms with Crippen molar-refractivity contribution in [3.63, 3.8) is 0 Å². The van der Waals surface area contributed by atoms with Crippen LogP contribution in [0.4, 0.5) is 4.39 Å². The van der Waals surface area contributed by atoms with Crippen molar-refractivity contribution >= 4 is 39.1 Å². The Kier molecular flexibility index (Phi) is 4.64. The van der Waals surface area contributed by atoms with E-state index in [4.69, 9.17) is 11.6 Å². The summed E-state index contributed by atoms with van der Waals surface area (Å²) in [6.07, 6.45) is 1.53. The summed E-state index contributed by atoms with van der Waals surface area (Å²) in [6.45, 7) is 1.58. The average Bonchev–Trinajstić information content (AvgIpc) is 2.98. The molecule has 28 heavy (non-hydrogen) atoms. The lowest BCUT2D eigenvalue weighted by Crippen LogP contribution is -2.03. The number of aromatic carboxylic acids is 1. The van der Waals surface area contributed by atoms with Gasteiger partial charge in [-0.05, 0) is 36.8 Å². The molecule has 8 heteroatoms. The van der Waals surface area contributed by atoms with Crippen molar-refractivity contribution in [2.75, 3.05) is 0 Å². The van der Waals surface area contributed by atoms with Gasteiger partial charge in [-0.3, -0.25) is 0 Å². The maximum Gasteiger partial charge on any atom is 0.341 e. The van der Waals surface area contributed by atoms with Gasteiger partial charge < -0.3 is 5.11 Å². The van der Waals surface area contributed by atoms with Crippen molar-refractivity contribution < 1.29 is 14.3 Å². The summed E-state index contributed by atoms with van der Waals surface area (Å²) in [7, 11) is 0. The third kappa shape index (κ3) is 2.96. The van der Waals surface area contributed by atoms with Gasteiger partial charge >= 0.3 is 5.97 Å². The van der Waals surface area contributed by atoms with Crippen molar-refractivity contribution in [2.45, 2.75) is 6.92 Å². The Bertz CT molecular complexity index is 1260. The van der Waals surface area contributed by atoms with Crippen LogP contribution in [0.3, 0.4) is 0 Å². The third-order valence-corrected chi connectivity index (χ3v) is 5.31. The number of carboxylic acids is 1. The minimum Gasteiger partial charge on any atom is -0.477 e. The number of hydrogen-bond acceptors (Lipinski definition) is 3. The number of hydrogen-bond donors (Lipinski definition) is 1. The van der Waals surface area contributed by atoms with Crippen LogP contribution >= 0.6 is 27.5 Å². The Labute approximate surface area is 172 Å². The van der Waals surface area contributed by atoms with E-state index in [9.17, 15) is 14.3 Å². The predicted octanol–water partition coefficient (Wildman–Crippen LogP) is 5.62. The van der Waals surface area contributed by atoms with Gasteiger partial charge in [0.1, 0.15) is 11.4 Å². The number of halogens is 3. The molecule has 0 radical (unpaired) electrons. The summed E-state index contributed by atoms with van der Waals surface area (Å²) >= 11 is 9.43. The molecule has 0 bridgehead atoms.